The molecule has 0 unspecified atom stereocenters. The molecule has 0 atom stereocenters. The van der Waals surface area contributed by atoms with Crippen molar-refractivity contribution in [2.24, 2.45) is 0 Å². The summed E-state index contributed by atoms with van der Waals surface area (Å²) in [5.41, 5.74) is 17.2. The van der Waals surface area contributed by atoms with Crippen molar-refractivity contribution in [2.75, 3.05) is 23.8 Å². The Morgan fingerprint density at radius 1 is 0.963 bits per heavy atom. The van der Waals surface area contributed by atoms with Gasteiger partial charge < -0.3 is 11.5 Å². The number of aromatic nitrogens is 1. The molecule has 1 aliphatic heterocycles. The Bertz CT molecular complexity index is 936. The van der Waals surface area contributed by atoms with E-state index in [-0.39, 0.29) is 0 Å². The van der Waals surface area contributed by atoms with Crippen LogP contribution in [0.25, 0.3) is 22.4 Å². The molecule has 0 radical (unpaired) electrons. The van der Waals surface area contributed by atoms with Crippen LogP contribution in [0.1, 0.15) is 12.0 Å². The van der Waals surface area contributed by atoms with E-state index >= 15 is 0 Å². The Labute approximate surface area is 168 Å². The van der Waals surface area contributed by atoms with E-state index in [2.05, 4.69) is 45.7 Å². The number of anilines is 2. The molecule has 1 aromatic heterocycles. The Morgan fingerprint density at radius 3 is 2.22 bits per heavy atom. The van der Waals surface area contributed by atoms with Crippen LogP contribution in [-0.2, 0) is 6.54 Å². The van der Waals surface area contributed by atoms with Gasteiger partial charge >= 0.3 is 0 Å². The van der Waals surface area contributed by atoms with Crippen molar-refractivity contribution >= 4 is 35.1 Å². The highest BCUT2D eigenvalue weighted by Gasteiger charge is 2.13. The van der Waals surface area contributed by atoms with Gasteiger partial charge in [-0.05, 0) is 29.2 Å². The molecule has 27 heavy (non-hydrogen) atoms. The topological polar surface area (TPSA) is 68.2 Å². The lowest BCUT2D eigenvalue weighted by molar-refractivity contribution is 0.492. The zero-order valence-corrected chi connectivity index (χ0v) is 16.4. The number of halogens is 1. The van der Waals surface area contributed by atoms with Crippen molar-refractivity contribution in [1.29, 1.82) is 0 Å². The molecule has 1 fully saturated rings. The average Bonchev–Trinajstić information content (AvgIpc) is 3.19. The van der Waals surface area contributed by atoms with Gasteiger partial charge in [0.05, 0.1) is 16.4 Å². The highest BCUT2D eigenvalue weighted by atomic mass is 35.5. The third-order valence-electron chi connectivity index (χ3n) is 4.67. The highest BCUT2D eigenvalue weighted by Crippen LogP contribution is 2.32. The van der Waals surface area contributed by atoms with E-state index in [1.165, 1.54) is 29.8 Å². The summed E-state index contributed by atoms with van der Waals surface area (Å²) in [6, 6.07) is 18.6. The normalized spacial score (nSPS) is 14.6. The predicted molar refractivity (Wildman–Crippen MR) is 116 cm³/mol. The van der Waals surface area contributed by atoms with E-state index in [0.29, 0.717) is 22.2 Å². The van der Waals surface area contributed by atoms with Gasteiger partial charge in [-0.15, -0.1) is 0 Å². The van der Waals surface area contributed by atoms with Gasteiger partial charge in [-0.1, -0.05) is 72.1 Å². The van der Waals surface area contributed by atoms with Gasteiger partial charge in [0.2, 0.25) is 0 Å². The monoisotopic (exact) mass is 396 g/mol. The van der Waals surface area contributed by atoms with Gasteiger partial charge in [-0.2, -0.15) is 0 Å². The molecule has 0 amide bonds. The quantitative estimate of drug-likeness (QED) is 0.601. The van der Waals surface area contributed by atoms with Gasteiger partial charge in [0, 0.05) is 24.4 Å². The molecule has 4 N–H and O–H groups in total. The molecule has 3 aromatic rings. The number of pyridine rings is 1. The summed E-state index contributed by atoms with van der Waals surface area (Å²) in [6.45, 7) is 2.19. The summed E-state index contributed by atoms with van der Waals surface area (Å²) in [7, 11) is 0. The van der Waals surface area contributed by atoms with Crippen LogP contribution in [0.5, 0.6) is 0 Å². The van der Waals surface area contributed by atoms with Crippen LogP contribution in [0, 0.1) is 0 Å². The molecule has 138 valence electrons. The molecular weight excluding hydrogens is 376 g/mol. The third kappa shape index (κ3) is 4.05. The summed E-state index contributed by atoms with van der Waals surface area (Å²) >= 11 is 8.22. The molecule has 0 bridgehead atoms. The Morgan fingerprint density at radius 2 is 1.59 bits per heavy atom. The summed E-state index contributed by atoms with van der Waals surface area (Å²) in [6.07, 6.45) is 1.29. The molecule has 6 heteroatoms. The van der Waals surface area contributed by atoms with E-state index in [1.54, 1.807) is 6.07 Å². The number of rotatable bonds is 4. The summed E-state index contributed by atoms with van der Waals surface area (Å²) in [5.74, 6) is 1.54. The summed E-state index contributed by atoms with van der Waals surface area (Å²) < 4.78 is 2.43. The van der Waals surface area contributed by atoms with Crippen LogP contribution < -0.4 is 11.5 Å². The van der Waals surface area contributed by atoms with E-state index in [4.69, 9.17) is 23.1 Å². The maximum Gasteiger partial charge on any atom is 0.147 e. The number of nitrogens with two attached hydrogens (primary N) is 2. The second-order valence-electron chi connectivity index (χ2n) is 6.62. The van der Waals surface area contributed by atoms with Crippen LogP contribution in [0.2, 0.25) is 5.02 Å². The summed E-state index contributed by atoms with van der Waals surface area (Å²) in [4.78, 5) is 4.32. The molecular formula is C21H21ClN4S. The third-order valence-corrected chi connectivity index (χ3v) is 6.10. The molecule has 2 aromatic carbocycles. The van der Waals surface area contributed by atoms with Gasteiger partial charge in [-0.25, -0.2) is 9.29 Å². The first-order valence-electron chi connectivity index (χ1n) is 8.89. The first-order chi connectivity index (χ1) is 13.1. The first-order valence-corrected chi connectivity index (χ1v) is 10.2. The standard InChI is InChI=1S/C21H21ClN4S/c22-18-12-19(23)21(24)25-20(18)17-8-6-16(7-9-17)15-4-2-14(3-5-15)13-26-10-1-11-27-26/h2-9,12H,1,10-11,13,23H2,(H2,24,25). The maximum atomic E-state index is 6.28. The largest absolute Gasteiger partial charge is 0.396 e. The lowest BCUT2D eigenvalue weighted by Crippen LogP contribution is -2.10. The van der Waals surface area contributed by atoms with Crippen molar-refractivity contribution in [3.63, 3.8) is 0 Å². The minimum absolute atomic E-state index is 0.297. The van der Waals surface area contributed by atoms with E-state index in [9.17, 15) is 0 Å². The van der Waals surface area contributed by atoms with Gasteiger partial charge in [0.25, 0.3) is 0 Å². The van der Waals surface area contributed by atoms with Crippen molar-refractivity contribution in [3.05, 3.63) is 65.2 Å². The Balaban J connectivity index is 1.53. The SMILES string of the molecule is Nc1cc(Cl)c(-c2ccc(-c3ccc(CN4CCCS4)cc3)cc2)nc1N. The maximum absolute atomic E-state index is 6.28. The molecule has 0 aliphatic carbocycles. The lowest BCUT2D eigenvalue weighted by Gasteiger charge is -2.13. The van der Waals surface area contributed by atoms with Crippen LogP contribution >= 0.6 is 23.5 Å². The van der Waals surface area contributed by atoms with Crippen molar-refractivity contribution in [2.45, 2.75) is 13.0 Å². The highest BCUT2D eigenvalue weighted by molar-refractivity contribution is 7.97. The zero-order valence-electron chi connectivity index (χ0n) is 14.9. The minimum atomic E-state index is 0.297. The lowest BCUT2D eigenvalue weighted by atomic mass is 10.0. The van der Waals surface area contributed by atoms with Crippen LogP contribution in [-0.4, -0.2) is 21.6 Å². The van der Waals surface area contributed by atoms with Crippen LogP contribution in [0.15, 0.2) is 54.6 Å². The number of nitrogen functional groups attached to an aromatic ring is 2. The first kappa shape index (κ1) is 18.2. The fraction of sp³-hybridized carbons (Fsp3) is 0.190. The molecule has 2 heterocycles. The van der Waals surface area contributed by atoms with Crippen molar-refractivity contribution < 1.29 is 0 Å². The number of hydrogen-bond donors (Lipinski definition) is 2. The molecule has 1 saturated heterocycles. The fourth-order valence-corrected chi connectivity index (χ4v) is 4.45. The van der Waals surface area contributed by atoms with Gasteiger partial charge in [0.15, 0.2) is 0 Å². The molecule has 0 saturated carbocycles. The molecule has 4 nitrogen and oxygen atoms in total. The smallest absolute Gasteiger partial charge is 0.147 e. The van der Waals surface area contributed by atoms with E-state index < -0.39 is 0 Å². The number of benzene rings is 2. The van der Waals surface area contributed by atoms with Crippen LogP contribution in [0.4, 0.5) is 11.5 Å². The predicted octanol–water partition coefficient (Wildman–Crippen LogP) is 5.09. The number of nitrogens with zero attached hydrogens (tertiary/aromatic N) is 2. The van der Waals surface area contributed by atoms with Crippen molar-refractivity contribution in [3.8, 4) is 22.4 Å². The number of hydrogen-bond acceptors (Lipinski definition) is 5. The Hall–Kier alpha value is -2.21. The van der Waals surface area contributed by atoms with Crippen LogP contribution in [0.3, 0.4) is 0 Å². The molecule has 4 rings (SSSR count). The van der Waals surface area contributed by atoms with E-state index in [1.807, 2.05) is 24.1 Å². The van der Waals surface area contributed by atoms with Crippen molar-refractivity contribution in [1.82, 2.24) is 9.29 Å². The second kappa shape index (κ2) is 7.80. The average molecular weight is 397 g/mol. The zero-order chi connectivity index (χ0) is 18.8. The molecule has 0 spiro atoms. The Kier molecular flexibility index (Phi) is 5.25. The minimum Gasteiger partial charge on any atom is -0.396 e. The second-order valence-corrected chi connectivity index (χ2v) is 8.21. The molecule has 1 aliphatic rings. The van der Waals surface area contributed by atoms with Gasteiger partial charge in [0.1, 0.15) is 5.82 Å². The van der Waals surface area contributed by atoms with Gasteiger partial charge in [-0.3, -0.25) is 0 Å². The summed E-state index contributed by atoms with van der Waals surface area (Å²) in [5, 5.41) is 0.499. The fourth-order valence-electron chi connectivity index (χ4n) is 3.17. The van der Waals surface area contributed by atoms with E-state index in [0.717, 1.165) is 17.7 Å².